The number of hydrogen-bond acceptors (Lipinski definition) is 2. The molecule has 1 saturated heterocycles. The Morgan fingerprint density at radius 1 is 0.938 bits per heavy atom. The van der Waals surface area contributed by atoms with Crippen LogP contribution in [0, 0.1) is 0 Å². The summed E-state index contributed by atoms with van der Waals surface area (Å²) in [5.41, 5.74) is 4.72. The van der Waals surface area contributed by atoms with Crippen molar-refractivity contribution >= 4 is 17.3 Å². The van der Waals surface area contributed by atoms with Gasteiger partial charge in [0.15, 0.2) is 6.54 Å². The fourth-order valence-corrected chi connectivity index (χ4v) is 4.29. The summed E-state index contributed by atoms with van der Waals surface area (Å²) in [4.78, 5) is 16.4. The minimum absolute atomic E-state index is 0.0265. The predicted molar refractivity (Wildman–Crippen MR) is 130 cm³/mol. The number of nitrogens with zero attached hydrogens (tertiary/aromatic N) is 1. The molecular formula is C27H34N4O+2. The number of benzene rings is 3. The number of quaternary nitrogens is 2. The molecule has 5 heteroatoms. The normalized spacial score (nSPS) is 15.3. The van der Waals surface area contributed by atoms with Crippen LogP contribution in [0.1, 0.15) is 24.1 Å². The summed E-state index contributed by atoms with van der Waals surface area (Å²) < 4.78 is 0. The molecule has 0 aliphatic carbocycles. The van der Waals surface area contributed by atoms with Crippen LogP contribution in [-0.2, 0) is 11.3 Å². The van der Waals surface area contributed by atoms with Gasteiger partial charge in [-0.2, -0.15) is 0 Å². The Kier molecular flexibility index (Phi) is 7.54. The molecular weight excluding hydrogens is 396 g/mol. The van der Waals surface area contributed by atoms with Crippen molar-refractivity contribution < 1.29 is 15.0 Å². The van der Waals surface area contributed by atoms with Gasteiger partial charge in [-0.3, -0.25) is 4.79 Å². The lowest BCUT2D eigenvalue weighted by Gasteiger charge is -2.33. The van der Waals surface area contributed by atoms with E-state index < -0.39 is 0 Å². The number of amides is 1. The second kappa shape index (κ2) is 10.9. The molecule has 0 spiro atoms. The summed E-state index contributed by atoms with van der Waals surface area (Å²) in [5.74, 6) is 0.0265. The van der Waals surface area contributed by atoms with Gasteiger partial charge in [-0.25, -0.2) is 0 Å². The number of nitrogens with two attached hydrogens (primary N) is 1. The maximum atomic E-state index is 12.4. The summed E-state index contributed by atoms with van der Waals surface area (Å²) in [7, 11) is 0. The van der Waals surface area contributed by atoms with Gasteiger partial charge in [0.2, 0.25) is 0 Å². The van der Waals surface area contributed by atoms with Crippen LogP contribution in [0.25, 0.3) is 0 Å². The quantitative estimate of drug-likeness (QED) is 0.511. The van der Waals surface area contributed by atoms with Crippen LogP contribution in [0.5, 0.6) is 0 Å². The summed E-state index contributed by atoms with van der Waals surface area (Å²) in [5, 5.41) is 5.09. The van der Waals surface area contributed by atoms with Gasteiger partial charge >= 0.3 is 0 Å². The Morgan fingerprint density at radius 3 is 2.22 bits per heavy atom. The summed E-state index contributed by atoms with van der Waals surface area (Å²) in [6.07, 6.45) is 0. The van der Waals surface area contributed by atoms with Gasteiger partial charge in [0.1, 0.15) is 12.6 Å². The van der Waals surface area contributed by atoms with Crippen molar-refractivity contribution in [2.24, 2.45) is 0 Å². The second-order valence-electron chi connectivity index (χ2n) is 8.63. The molecule has 1 fully saturated rings. The first kappa shape index (κ1) is 22.1. The number of carbonyl (C=O) groups excluding carboxylic acids is 1. The van der Waals surface area contributed by atoms with Crippen LogP contribution in [0.4, 0.5) is 11.4 Å². The molecule has 166 valence electrons. The number of piperazine rings is 1. The molecule has 1 atom stereocenters. The molecule has 4 N–H and O–H groups in total. The summed E-state index contributed by atoms with van der Waals surface area (Å²) in [6, 6.07) is 29.5. The molecule has 1 aliphatic rings. The van der Waals surface area contributed by atoms with E-state index in [1.807, 2.05) is 30.3 Å². The molecule has 3 aromatic rings. The van der Waals surface area contributed by atoms with Crippen molar-refractivity contribution in [1.82, 2.24) is 0 Å². The molecule has 0 unspecified atom stereocenters. The smallest absolute Gasteiger partial charge is 0.279 e. The lowest BCUT2D eigenvalue weighted by Crippen LogP contribution is -3.13. The largest absolute Gasteiger partial charge is 0.360 e. The Bertz CT molecular complexity index is 968. The number of carbonyl (C=O) groups is 1. The first-order valence-corrected chi connectivity index (χ1v) is 11.6. The van der Waals surface area contributed by atoms with Crippen LogP contribution in [0.2, 0.25) is 0 Å². The third-order valence-corrected chi connectivity index (χ3v) is 6.27. The van der Waals surface area contributed by atoms with E-state index in [0.717, 1.165) is 38.4 Å². The molecule has 0 radical (unpaired) electrons. The van der Waals surface area contributed by atoms with Gasteiger partial charge in [0, 0.05) is 22.5 Å². The van der Waals surface area contributed by atoms with E-state index in [-0.39, 0.29) is 11.9 Å². The lowest BCUT2D eigenvalue weighted by atomic mass is 10.1. The minimum Gasteiger partial charge on any atom is -0.360 e. The van der Waals surface area contributed by atoms with Gasteiger partial charge in [-0.1, -0.05) is 60.7 Å². The fraction of sp³-hybridized carbons (Fsp3) is 0.296. The van der Waals surface area contributed by atoms with Gasteiger partial charge in [-0.15, -0.1) is 0 Å². The van der Waals surface area contributed by atoms with E-state index in [9.17, 15) is 4.79 Å². The average Bonchev–Trinajstić information content (AvgIpc) is 2.85. The van der Waals surface area contributed by atoms with Crippen molar-refractivity contribution in [3.8, 4) is 0 Å². The van der Waals surface area contributed by atoms with Crippen molar-refractivity contribution in [1.29, 1.82) is 0 Å². The first-order chi connectivity index (χ1) is 15.7. The fourth-order valence-electron chi connectivity index (χ4n) is 4.29. The molecule has 1 aliphatic heterocycles. The second-order valence-corrected chi connectivity index (χ2v) is 8.63. The predicted octanol–water partition coefficient (Wildman–Crippen LogP) is 1.85. The van der Waals surface area contributed by atoms with E-state index in [1.165, 1.54) is 16.8 Å². The molecule has 1 amide bonds. The monoisotopic (exact) mass is 430 g/mol. The number of nitrogens with one attached hydrogen (secondary N) is 2. The zero-order chi connectivity index (χ0) is 22.2. The highest BCUT2D eigenvalue weighted by atomic mass is 16.1. The zero-order valence-electron chi connectivity index (χ0n) is 18.8. The Hall–Kier alpha value is -3.15. The van der Waals surface area contributed by atoms with E-state index in [2.05, 4.69) is 77.1 Å². The van der Waals surface area contributed by atoms with Crippen LogP contribution < -0.4 is 20.4 Å². The van der Waals surface area contributed by atoms with Crippen LogP contribution in [0.3, 0.4) is 0 Å². The Labute approximate surface area is 191 Å². The van der Waals surface area contributed by atoms with Crippen molar-refractivity contribution in [2.75, 3.05) is 42.9 Å². The summed E-state index contributed by atoms with van der Waals surface area (Å²) >= 11 is 0. The van der Waals surface area contributed by atoms with E-state index in [4.69, 9.17) is 0 Å². The molecule has 0 bridgehead atoms. The van der Waals surface area contributed by atoms with Crippen LogP contribution in [-0.4, -0.2) is 38.6 Å². The SMILES string of the molecule is C[C@@H]([NH2+]CC(=O)Nc1ccc(N2CC[NH+](Cc3ccccc3)CC2)cc1)c1ccccc1. The lowest BCUT2D eigenvalue weighted by molar-refractivity contribution is -0.914. The van der Waals surface area contributed by atoms with Crippen molar-refractivity contribution in [3.05, 3.63) is 96.1 Å². The van der Waals surface area contributed by atoms with Gasteiger partial charge in [-0.05, 0) is 31.2 Å². The van der Waals surface area contributed by atoms with E-state index >= 15 is 0 Å². The zero-order valence-corrected chi connectivity index (χ0v) is 18.8. The van der Waals surface area contributed by atoms with Crippen molar-refractivity contribution in [3.63, 3.8) is 0 Å². The van der Waals surface area contributed by atoms with Crippen molar-refractivity contribution in [2.45, 2.75) is 19.5 Å². The minimum atomic E-state index is 0.0265. The maximum Gasteiger partial charge on any atom is 0.279 e. The van der Waals surface area contributed by atoms with E-state index in [0.29, 0.717) is 6.54 Å². The third-order valence-electron chi connectivity index (χ3n) is 6.27. The molecule has 32 heavy (non-hydrogen) atoms. The number of anilines is 2. The highest BCUT2D eigenvalue weighted by Crippen LogP contribution is 2.18. The molecule has 1 heterocycles. The van der Waals surface area contributed by atoms with Crippen LogP contribution >= 0.6 is 0 Å². The summed E-state index contributed by atoms with van der Waals surface area (Å²) in [6.45, 7) is 8.02. The molecule has 0 saturated carbocycles. The molecule has 5 nitrogen and oxygen atoms in total. The van der Waals surface area contributed by atoms with Gasteiger partial charge in [0.05, 0.1) is 26.2 Å². The molecule has 0 aromatic heterocycles. The van der Waals surface area contributed by atoms with Gasteiger partial charge in [0.25, 0.3) is 5.91 Å². The number of rotatable bonds is 8. The highest BCUT2D eigenvalue weighted by Gasteiger charge is 2.20. The third kappa shape index (κ3) is 6.19. The first-order valence-electron chi connectivity index (χ1n) is 11.6. The van der Waals surface area contributed by atoms with Crippen LogP contribution in [0.15, 0.2) is 84.9 Å². The molecule has 3 aromatic carbocycles. The highest BCUT2D eigenvalue weighted by molar-refractivity contribution is 5.91. The molecule has 4 rings (SSSR count). The van der Waals surface area contributed by atoms with E-state index in [1.54, 1.807) is 4.90 Å². The Morgan fingerprint density at radius 2 is 1.56 bits per heavy atom. The standard InChI is InChI=1S/C27H32N4O/c1-22(24-10-6-3-7-11-24)28-20-27(32)29-25-12-14-26(15-13-25)31-18-16-30(17-19-31)21-23-8-4-2-5-9-23/h2-15,22,28H,16-21H2,1H3,(H,29,32)/p+2/t22-/m1/s1. The van der Waals surface area contributed by atoms with Gasteiger partial charge < -0.3 is 20.4 Å². The topological polar surface area (TPSA) is 53.4 Å². The number of hydrogen-bond donors (Lipinski definition) is 3. The maximum absolute atomic E-state index is 12.4. The average molecular weight is 431 g/mol. The Balaban J connectivity index is 1.21.